The van der Waals surface area contributed by atoms with Gasteiger partial charge in [-0.2, -0.15) is 0 Å². The van der Waals surface area contributed by atoms with Crippen LogP contribution in [0.2, 0.25) is 0 Å². The van der Waals surface area contributed by atoms with Crippen LogP contribution in [-0.2, 0) is 19.1 Å². The molecule has 0 fully saturated rings. The Morgan fingerprint density at radius 1 is 1.50 bits per heavy atom. The number of carbonyl (C=O) groups excluding carboxylic acids is 2. The van der Waals surface area contributed by atoms with Crippen LogP contribution in [0.5, 0.6) is 0 Å². The average Bonchev–Trinajstić information content (AvgIpc) is 2.13. The molecule has 77 valence electrons. The number of terminal acetylenes is 1. The molecule has 4 heteroatoms. The monoisotopic (exact) mass is 197 g/mol. The predicted molar refractivity (Wildman–Crippen MR) is 49.9 cm³/mol. The zero-order valence-corrected chi connectivity index (χ0v) is 8.49. The van der Waals surface area contributed by atoms with Crippen molar-refractivity contribution in [3.63, 3.8) is 0 Å². The van der Waals surface area contributed by atoms with Gasteiger partial charge in [0.2, 0.25) is 5.60 Å². The van der Waals surface area contributed by atoms with Crippen molar-refractivity contribution < 1.29 is 19.1 Å². The first kappa shape index (κ1) is 12.5. The fourth-order valence-electron chi connectivity index (χ4n) is 0.633. The second-order valence-corrected chi connectivity index (χ2v) is 3.00. The Bertz CT molecular complexity index is 260. The number of hydrogen-bond acceptors (Lipinski definition) is 4. The number of hydrogen-bond donors (Lipinski definition) is 0. The maximum absolute atomic E-state index is 11.3. The molecular weight excluding hydrogens is 184 g/mol. The topological polar surface area (TPSA) is 52.6 Å². The molecule has 0 N–H and O–H groups in total. The van der Waals surface area contributed by atoms with Gasteiger partial charge in [-0.15, -0.1) is 6.42 Å². The first-order valence-electron chi connectivity index (χ1n) is 4.07. The summed E-state index contributed by atoms with van der Waals surface area (Å²) in [6, 6.07) is 0. The van der Waals surface area contributed by atoms with Crippen LogP contribution in [0.3, 0.4) is 0 Å². The normalized spacial score (nSPS) is 10.1. The molecule has 0 unspecified atom stereocenters. The molecule has 1 radical (unpaired) electrons. The van der Waals surface area contributed by atoms with Crippen LogP contribution in [0.15, 0.2) is 0 Å². The van der Waals surface area contributed by atoms with Crippen molar-refractivity contribution in [2.75, 3.05) is 6.61 Å². The van der Waals surface area contributed by atoms with Gasteiger partial charge in [-0.1, -0.05) is 12.8 Å². The lowest BCUT2D eigenvalue weighted by Crippen LogP contribution is -2.38. The van der Waals surface area contributed by atoms with Crippen molar-refractivity contribution in [2.45, 2.75) is 26.4 Å². The predicted octanol–water partition coefficient (Wildman–Crippen LogP) is 0.709. The lowest BCUT2D eigenvalue weighted by Gasteiger charge is -2.21. The molecule has 4 nitrogen and oxygen atoms in total. The van der Waals surface area contributed by atoms with Crippen molar-refractivity contribution in [1.82, 2.24) is 0 Å². The highest BCUT2D eigenvalue weighted by molar-refractivity contribution is 5.85. The summed E-state index contributed by atoms with van der Waals surface area (Å²) in [7, 11) is 0. The molecule has 0 bridgehead atoms. The molecule has 0 aromatic carbocycles. The largest absolute Gasteiger partial charge is 0.450 e. The van der Waals surface area contributed by atoms with Crippen LogP contribution < -0.4 is 0 Å². The summed E-state index contributed by atoms with van der Waals surface area (Å²) in [5.41, 5.74) is -1.31. The Labute approximate surface area is 83.6 Å². The van der Waals surface area contributed by atoms with Gasteiger partial charge in [0.25, 0.3) is 0 Å². The van der Waals surface area contributed by atoms with Gasteiger partial charge in [0.05, 0.1) is 6.42 Å². The van der Waals surface area contributed by atoms with Crippen LogP contribution >= 0.6 is 0 Å². The van der Waals surface area contributed by atoms with Crippen LogP contribution in [0.4, 0.5) is 0 Å². The maximum Gasteiger partial charge on any atom is 0.350 e. The molecule has 0 aliphatic heterocycles. The summed E-state index contributed by atoms with van der Waals surface area (Å²) in [5, 5.41) is 0. The molecule has 0 aliphatic carbocycles. The molecule has 0 heterocycles. The van der Waals surface area contributed by atoms with Gasteiger partial charge < -0.3 is 9.47 Å². The number of ether oxygens (including phenoxy) is 2. The Balaban J connectivity index is 4.24. The van der Waals surface area contributed by atoms with Crippen LogP contribution in [0, 0.1) is 18.8 Å². The van der Waals surface area contributed by atoms with E-state index in [9.17, 15) is 9.59 Å². The van der Waals surface area contributed by atoms with E-state index in [0.29, 0.717) is 0 Å². The SMILES string of the molecule is C#CCOC(=O)C(C)(C)OC(=O)[CH]C. The lowest BCUT2D eigenvalue weighted by atomic mass is 10.1. The van der Waals surface area contributed by atoms with Crippen molar-refractivity contribution in [3.05, 3.63) is 6.42 Å². The second kappa shape index (κ2) is 5.28. The van der Waals surface area contributed by atoms with E-state index in [1.54, 1.807) is 0 Å². The minimum atomic E-state index is -1.31. The molecule has 0 rings (SSSR count). The van der Waals surface area contributed by atoms with Crippen LogP contribution in [0.1, 0.15) is 20.8 Å². The molecule has 0 aliphatic rings. The zero-order chi connectivity index (χ0) is 11.2. The van der Waals surface area contributed by atoms with Gasteiger partial charge in [-0.05, 0) is 13.8 Å². The Hall–Kier alpha value is -1.50. The van der Waals surface area contributed by atoms with Gasteiger partial charge in [0.15, 0.2) is 6.61 Å². The quantitative estimate of drug-likeness (QED) is 0.492. The molecule has 14 heavy (non-hydrogen) atoms. The Morgan fingerprint density at radius 3 is 2.50 bits per heavy atom. The van der Waals surface area contributed by atoms with Gasteiger partial charge in [0, 0.05) is 0 Å². The molecule has 0 saturated carbocycles. The van der Waals surface area contributed by atoms with Gasteiger partial charge in [0.1, 0.15) is 0 Å². The van der Waals surface area contributed by atoms with Gasteiger partial charge in [-0.25, -0.2) is 4.79 Å². The third-order valence-corrected chi connectivity index (χ3v) is 1.37. The molecule has 0 atom stereocenters. The van der Waals surface area contributed by atoms with Crippen molar-refractivity contribution in [1.29, 1.82) is 0 Å². The molecule has 0 aromatic heterocycles. The van der Waals surface area contributed by atoms with E-state index >= 15 is 0 Å². The van der Waals surface area contributed by atoms with Gasteiger partial charge >= 0.3 is 11.9 Å². The maximum atomic E-state index is 11.3. The van der Waals surface area contributed by atoms with E-state index in [2.05, 4.69) is 10.7 Å². The summed E-state index contributed by atoms with van der Waals surface area (Å²) >= 11 is 0. The summed E-state index contributed by atoms with van der Waals surface area (Å²) in [6.45, 7) is 4.27. The fourth-order valence-corrected chi connectivity index (χ4v) is 0.633. The molecule has 0 saturated heterocycles. The molecule has 0 spiro atoms. The number of rotatable bonds is 4. The minimum absolute atomic E-state index is 0.129. The van der Waals surface area contributed by atoms with Gasteiger partial charge in [-0.3, -0.25) is 4.79 Å². The molecule has 0 aromatic rings. The average molecular weight is 197 g/mol. The first-order valence-corrected chi connectivity index (χ1v) is 4.07. The standard InChI is InChI=1S/C10H13O4/c1-5-7-13-9(12)10(3,4)14-8(11)6-2/h1,6H,7H2,2-4H3. The first-order chi connectivity index (χ1) is 6.44. The zero-order valence-electron chi connectivity index (χ0n) is 8.49. The van der Waals surface area contributed by atoms with Crippen molar-refractivity contribution >= 4 is 11.9 Å². The Morgan fingerprint density at radius 2 is 2.07 bits per heavy atom. The minimum Gasteiger partial charge on any atom is -0.450 e. The van der Waals surface area contributed by atoms with E-state index < -0.39 is 17.5 Å². The van der Waals surface area contributed by atoms with Crippen molar-refractivity contribution in [3.8, 4) is 12.3 Å². The summed E-state index contributed by atoms with van der Waals surface area (Å²) in [6.07, 6.45) is 6.12. The summed E-state index contributed by atoms with van der Waals surface area (Å²) in [5.74, 6) is 0.909. The highest BCUT2D eigenvalue weighted by Crippen LogP contribution is 2.12. The fraction of sp³-hybridized carbons (Fsp3) is 0.500. The highest BCUT2D eigenvalue weighted by Gasteiger charge is 2.33. The smallest absolute Gasteiger partial charge is 0.350 e. The summed E-state index contributed by atoms with van der Waals surface area (Å²) in [4.78, 5) is 22.1. The lowest BCUT2D eigenvalue weighted by molar-refractivity contribution is -0.175. The van der Waals surface area contributed by atoms with E-state index in [-0.39, 0.29) is 6.61 Å². The van der Waals surface area contributed by atoms with E-state index in [1.807, 2.05) is 0 Å². The summed E-state index contributed by atoms with van der Waals surface area (Å²) < 4.78 is 9.44. The highest BCUT2D eigenvalue weighted by atomic mass is 16.6. The van der Waals surface area contributed by atoms with Crippen LogP contribution in [-0.4, -0.2) is 24.1 Å². The third-order valence-electron chi connectivity index (χ3n) is 1.37. The number of carbonyl (C=O) groups is 2. The number of esters is 2. The molecular formula is C10H13O4. The van der Waals surface area contributed by atoms with E-state index in [0.717, 1.165) is 0 Å². The van der Waals surface area contributed by atoms with Crippen LogP contribution in [0.25, 0.3) is 0 Å². The Kier molecular flexibility index (Phi) is 4.71. The second-order valence-electron chi connectivity index (χ2n) is 3.00. The third kappa shape index (κ3) is 3.94. The van der Waals surface area contributed by atoms with E-state index in [4.69, 9.17) is 11.2 Å². The van der Waals surface area contributed by atoms with E-state index in [1.165, 1.54) is 27.2 Å². The van der Waals surface area contributed by atoms with Crippen molar-refractivity contribution in [2.24, 2.45) is 0 Å². The molecule has 0 amide bonds.